The highest BCUT2D eigenvalue weighted by atomic mass is 32.2. The summed E-state index contributed by atoms with van der Waals surface area (Å²) in [6.07, 6.45) is 4.99. The van der Waals surface area contributed by atoms with E-state index in [2.05, 4.69) is 0 Å². The van der Waals surface area contributed by atoms with Gasteiger partial charge < -0.3 is 10.0 Å². The van der Waals surface area contributed by atoms with Crippen molar-refractivity contribution in [2.24, 2.45) is 10.8 Å². The second kappa shape index (κ2) is 6.55. The van der Waals surface area contributed by atoms with Crippen LogP contribution in [0.1, 0.15) is 44.9 Å². The van der Waals surface area contributed by atoms with Crippen LogP contribution in [0.5, 0.6) is 0 Å². The van der Waals surface area contributed by atoms with Crippen LogP contribution in [0.4, 0.5) is 4.39 Å². The number of carboxylic acid groups (broad SMARTS) is 1. The SMILES string of the molecule is O=C(O)C12CCC(C(=O)N3CCC(Sc4ccc(F)cc4)C3)(CC1)CC2. The Balaban J connectivity index is 1.38. The molecule has 0 spiro atoms. The van der Waals surface area contributed by atoms with Gasteiger partial charge in [0.2, 0.25) is 5.91 Å². The van der Waals surface area contributed by atoms with Crippen molar-refractivity contribution in [1.82, 2.24) is 4.90 Å². The maximum absolute atomic E-state index is 13.2. The van der Waals surface area contributed by atoms with Crippen molar-refractivity contribution in [3.05, 3.63) is 30.1 Å². The fourth-order valence-corrected chi connectivity index (χ4v) is 6.03. The van der Waals surface area contributed by atoms with Crippen LogP contribution in [0, 0.1) is 16.6 Å². The summed E-state index contributed by atoms with van der Waals surface area (Å²) >= 11 is 1.71. The highest BCUT2D eigenvalue weighted by Gasteiger charge is 2.56. The average Bonchev–Trinajstić information content (AvgIpc) is 3.13. The zero-order valence-electron chi connectivity index (χ0n) is 14.7. The lowest BCUT2D eigenvalue weighted by atomic mass is 9.53. The molecule has 1 saturated heterocycles. The van der Waals surface area contributed by atoms with Crippen LogP contribution < -0.4 is 0 Å². The number of carbonyl (C=O) groups excluding carboxylic acids is 1. The summed E-state index contributed by atoms with van der Waals surface area (Å²) in [6, 6.07) is 6.52. The Morgan fingerprint density at radius 3 is 2.19 bits per heavy atom. The van der Waals surface area contributed by atoms with Crippen molar-refractivity contribution in [2.75, 3.05) is 13.1 Å². The van der Waals surface area contributed by atoms with Crippen LogP contribution >= 0.6 is 11.8 Å². The standard InChI is InChI=1S/C20H24FNO3S/c21-14-1-3-15(4-2-14)26-16-5-12-22(13-16)17(23)19-6-9-20(10-7-19,11-8-19)18(24)25/h1-4,16H,5-13H2,(H,24,25). The lowest BCUT2D eigenvalue weighted by molar-refractivity contribution is -0.166. The summed E-state index contributed by atoms with van der Waals surface area (Å²) in [7, 11) is 0. The summed E-state index contributed by atoms with van der Waals surface area (Å²) < 4.78 is 13.0. The number of hydrogen-bond acceptors (Lipinski definition) is 3. The van der Waals surface area contributed by atoms with Crippen molar-refractivity contribution in [3.8, 4) is 0 Å². The predicted molar refractivity (Wildman–Crippen MR) is 97.4 cm³/mol. The van der Waals surface area contributed by atoms with E-state index in [0.717, 1.165) is 24.4 Å². The maximum Gasteiger partial charge on any atom is 0.309 e. The van der Waals surface area contributed by atoms with Crippen molar-refractivity contribution in [3.63, 3.8) is 0 Å². The van der Waals surface area contributed by atoms with Gasteiger partial charge in [-0.3, -0.25) is 9.59 Å². The molecule has 4 fully saturated rings. The fourth-order valence-electron chi connectivity index (χ4n) is 4.88. The number of hydrogen-bond donors (Lipinski definition) is 1. The van der Waals surface area contributed by atoms with Gasteiger partial charge in [-0.15, -0.1) is 11.8 Å². The van der Waals surface area contributed by atoms with Gasteiger partial charge in [0.05, 0.1) is 5.41 Å². The van der Waals surface area contributed by atoms with Crippen LogP contribution in [-0.4, -0.2) is 40.2 Å². The predicted octanol–water partition coefficient (Wildman–Crippen LogP) is 3.94. The van der Waals surface area contributed by atoms with E-state index in [4.69, 9.17) is 0 Å². The van der Waals surface area contributed by atoms with Gasteiger partial charge >= 0.3 is 5.97 Å². The minimum Gasteiger partial charge on any atom is -0.481 e. The lowest BCUT2D eigenvalue weighted by Crippen LogP contribution is -2.53. The van der Waals surface area contributed by atoms with Crippen molar-refractivity contribution >= 4 is 23.6 Å². The van der Waals surface area contributed by atoms with Gasteiger partial charge in [0.1, 0.15) is 5.82 Å². The number of thioether (sulfide) groups is 1. The molecule has 3 aliphatic carbocycles. The summed E-state index contributed by atoms with van der Waals surface area (Å²) in [4.78, 5) is 27.8. The molecule has 0 aromatic heterocycles. The van der Waals surface area contributed by atoms with E-state index < -0.39 is 11.4 Å². The molecule has 0 radical (unpaired) electrons. The largest absolute Gasteiger partial charge is 0.481 e. The molecule has 4 nitrogen and oxygen atoms in total. The Bertz CT molecular complexity index is 696. The van der Waals surface area contributed by atoms with E-state index in [-0.39, 0.29) is 17.1 Å². The number of fused-ring (bicyclic) bond motifs is 3. The molecule has 3 saturated carbocycles. The molecule has 1 heterocycles. The summed E-state index contributed by atoms with van der Waals surface area (Å²) in [5.41, 5.74) is -0.902. The highest BCUT2D eigenvalue weighted by molar-refractivity contribution is 8.00. The number of likely N-dealkylation sites (tertiary alicyclic amines) is 1. The maximum atomic E-state index is 13.2. The molecule has 6 heteroatoms. The Labute approximate surface area is 157 Å². The van der Waals surface area contributed by atoms with Crippen LogP contribution in [0.3, 0.4) is 0 Å². The van der Waals surface area contributed by atoms with Gasteiger partial charge in [0, 0.05) is 28.6 Å². The Hall–Kier alpha value is -1.56. The first-order chi connectivity index (χ1) is 12.4. The third-order valence-corrected chi connectivity index (χ3v) is 7.96. The molecule has 1 aromatic rings. The molecule has 5 rings (SSSR count). The molecule has 1 aromatic carbocycles. The van der Waals surface area contributed by atoms with Crippen LogP contribution in [0.15, 0.2) is 29.2 Å². The molecule has 1 unspecified atom stereocenters. The number of rotatable bonds is 4. The fraction of sp³-hybridized carbons (Fsp3) is 0.600. The first-order valence-corrected chi connectivity index (χ1v) is 10.3. The monoisotopic (exact) mass is 377 g/mol. The molecular formula is C20H24FNO3S. The highest BCUT2D eigenvalue weighted by Crippen LogP contribution is 2.57. The Morgan fingerprint density at radius 1 is 1.04 bits per heavy atom. The summed E-state index contributed by atoms with van der Waals surface area (Å²) in [6.45, 7) is 1.50. The van der Waals surface area contributed by atoms with Gasteiger partial charge in [0.25, 0.3) is 0 Å². The van der Waals surface area contributed by atoms with E-state index in [1.165, 1.54) is 12.1 Å². The van der Waals surface area contributed by atoms with E-state index in [9.17, 15) is 19.1 Å². The van der Waals surface area contributed by atoms with Gasteiger partial charge in [-0.1, -0.05) is 0 Å². The van der Waals surface area contributed by atoms with Crippen LogP contribution in [-0.2, 0) is 9.59 Å². The van der Waals surface area contributed by atoms with Crippen LogP contribution in [0.2, 0.25) is 0 Å². The van der Waals surface area contributed by atoms with Crippen molar-refractivity contribution < 1.29 is 19.1 Å². The van der Waals surface area contributed by atoms with E-state index in [0.29, 0.717) is 43.8 Å². The van der Waals surface area contributed by atoms with E-state index in [1.54, 1.807) is 23.9 Å². The van der Waals surface area contributed by atoms with Crippen molar-refractivity contribution in [1.29, 1.82) is 0 Å². The first-order valence-electron chi connectivity index (χ1n) is 9.38. The lowest BCUT2D eigenvalue weighted by Gasteiger charge is -2.51. The second-order valence-electron chi connectivity index (χ2n) is 8.10. The summed E-state index contributed by atoms with van der Waals surface area (Å²) in [5, 5.41) is 9.86. The molecule has 1 atom stereocenters. The number of benzene rings is 1. The zero-order valence-corrected chi connectivity index (χ0v) is 15.6. The first kappa shape index (κ1) is 17.8. The van der Waals surface area contributed by atoms with E-state index in [1.807, 2.05) is 4.90 Å². The molecule has 2 bridgehead atoms. The molecule has 1 aliphatic heterocycles. The third kappa shape index (κ3) is 3.02. The second-order valence-corrected chi connectivity index (χ2v) is 9.47. The Kier molecular flexibility index (Phi) is 4.49. The minimum absolute atomic E-state index is 0.233. The molecule has 1 amide bonds. The molecule has 140 valence electrons. The topological polar surface area (TPSA) is 57.6 Å². The zero-order chi connectivity index (χ0) is 18.4. The molecular weight excluding hydrogens is 353 g/mol. The number of carbonyl (C=O) groups is 2. The number of aliphatic carboxylic acids is 1. The third-order valence-electron chi connectivity index (χ3n) is 6.70. The molecule has 26 heavy (non-hydrogen) atoms. The number of amides is 1. The van der Waals surface area contributed by atoms with Gasteiger partial charge in [-0.2, -0.15) is 0 Å². The van der Waals surface area contributed by atoms with Gasteiger partial charge in [-0.25, -0.2) is 4.39 Å². The smallest absolute Gasteiger partial charge is 0.309 e. The normalized spacial score (nSPS) is 33.4. The van der Waals surface area contributed by atoms with Gasteiger partial charge in [0.15, 0.2) is 0 Å². The van der Waals surface area contributed by atoms with Gasteiger partial charge in [-0.05, 0) is 69.2 Å². The van der Waals surface area contributed by atoms with Crippen molar-refractivity contribution in [2.45, 2.75) is 55.1 Å². The Morgan fingerprint density at radius 2 is 1.62 bits per heavy atom. The molecule has 4 aliphatic rings. The average molecular weight is 377 g/mol. The number of nitrogens with zero attached hydrogens (tertiary/aromatic N) is 1. The van der Waals surface area contributed by atoms with E-state index >= 15 is 0 Å². The summed E-state index contributed by atoms with van der Waals surface area (Å²) in [5.74, 6) is -0.683. The number of halogens is 1. The number of carboxylic acids is 1. The quantitative estimate of drug-likeness (QED) is 0.863. The minimum atomic E-state index is -0.685. The van der Waals surface area contributed by atoms with Crippen LogP contribution in [0.25, 0.3) is 0 Å². The molecule has 1 N–H and O–H groups in total.